The molecule has 5 heteroatoms. The number of rotatable bonds is 9. The van der Waals surface area contributed by atoms with Gasteiger partial charge < -0.3 is 14.4 Å². The number of ether oxygens (including phenoxy) is 2. The van der Waals surface area contributed by atoms with Crippen LogP contribution in [0.5, 0.6) is 0 Å². The number of hydrogen-bond acceptors (Lipinski definition) is 4. The number of esters is 1. The summed E-state index contributed by atoms with van der Waals surface area (Å²) in [7, 11) is 1.37. The maximum absolute atomic E-state index is 12.9. The Bertz CT molecular complexity index is 583. The topological polar surface area (TPSA) is 55.8 Å². The zero-order valence-electron chi connectivity index (χ0n) is 16.3. The van der Waals surface area contributed by atoms with Crippen LogP contribution in [0.25, 0.3) is 0 Å². The first-order chi connectivity index (χ1) is 11.8. The first kappa shape index (κ1) is 21.2. The first-order valence-corrected chi connectivity index (χ1v) is 8.82. The van der Waals surface area contributed by atoms with Crippen molar-refractivity contribution >= 4 is 11.9 Å². The largest absolute Gasteiger partial charge is 0.469 e. The number of hydrogen-bond donors (Lipinski definition) is 0. The number of amides is 1. The number of carbonyl (C=O) groups excluding carboxylic acids is 2. The molecule has 0 aliphatic carbocycles. The lowest BCUT2D eigenvalue weighted by Crippen LogP contribution is -2.38. The second kappa shape index (κ2) is 10.2. The van der Waals surface area contributed by atoms with Crippen LogP contribution >= 0.6 is 0 Å². The molecule has 0 saturated heterocycles. The summed E-state index contributed by atoms with van der Waals surface area (Å²) in [5, 5.41) is 0. The minimum Gasteiger partial charge on any atom is -0.469 e. The molecule has 0 radical (unpaired) electrons. The van der Waals surface area contributed by atoms with Crippen LogP contribution in [0.3, 0.4) is 0 Å². The summed E-state index contributed by atoms with van der Waals surface area (Å²) in [5.74, 6) is -0.744. The molecule has 1 aromatic carbocycles. The van der Waals surface area contributed by atoms with Gasteiger partial charge >= 0.3 is 5.97 Å². The summed E-state index contributed by atoms with van der Waals surface area (Å²) >= 11 is 0. The van der Waals surface area contributed by atoms with Crippen LogP contribution in [0, 0.1) is 19.8 Å². The third kappa shape index (κ3) is 6.86. The molecule has 0 bridgehead atoms. The standard InChI is InChI=1S/C20H31NO4/c1-14(2)25-11-7-10-21(13-17(5)20(23)24-6)19(22)18-9-8-15(3)16(4)12-18/h8-9,12,14,17H,7,10-11,13H2,1-6H3. The Hall–Kier alpha value is -1.88. The molecule has 0 heterocycles. The lowest BCUT2D eigenvalue weighted by molar-refractivity contribution is -0.145. The van der Waals surface area contributed by atoms with E-state index in [-0.39, 0.29) is 23.9 Å². The molecule has 0 N–H and O–H groups in total. The van der Waals surface area contributed by atoms with E-state index in [0.29, 0.717) is 25.3 Å². The average molecular weight is 349 g/mol. The predicted octanol–water partition coefficient (Wildman–Crippen LogP) is 3.37. The zero-order chi connectivity index (χ0) is 19.0. The van der Waals surface area contributed by atoms with E-state index >= 15 is 0 Å². The van der Waals surface area contributed by atoms with Gasteiger partial charge in [-0.05, 0) is 57.4 Å². The van der Waals surface area contributed by atoms with Crippen LogP contribution < -0.4 is 0 Å². The molecule has 1 rings (SSSR count). The maximum atomic E-state index is 12.9. The molecular weight excluding hydrogens is 318 g/mol. The van der Waals surface area contributed by atoms with Crippen LogP contribution in [0.2, 0.25) is 0 Å². The molecule has 25 heavy (non-hydrogen) atoms. The van der Waals surface area contributed by atoms with E-state index in [0.717, 1.165) is 17.5 Å². The highest BCUT2D eigenvalue weighted by Gasteiger charge is 2.22. The minimum atomic E-state index is -0.369. The Balaban J connectivity index is 2.85. The van der Waals surface area contributed by atoms with Crippen molar-refractivity contribution < 1.29 is 19.1 Å². The van der Waals surface area contributed by atoms with Crippen molar-refractivity contribution in [1.29, 1.82) is 0 Å². The Morgan fingerprint density at radius 2 is 1.80 bits per heavy atom. The molecule has 1 unspecified atom stereocenters. The Kier molecular flexibility index (Phi) is 8.62. The Morgan fingerprint density at radius 1 is 1.12 bits per heavy atom. The number of benzene rings is 1. The summed E-state index contributed by atoms with van der Waals surface area (Å²) in [6.07, 6.45) is 0.890. The van der Waals surface area contributed by atoms with Crippen LogP contribution in [-0.4, -0.2) is 49.7 Å². The fourth-order valence-electron chi connectivity index (χ4n) is 2.51. The number of carbonyl (C=O) groups is 2. The van der Waals surface area contributed by atoms with E-state index < -0.39 is 0 Å². The van der Waals surface area contributed by atoms with Crippen LogP contribution in [0.4, 0.5) is 0 Å². The zero-order valence-corrected chi connectivity index (χ0v) is 16.3. The Morgan fingerprint density at radius 3 is 2.36 bits per heavy atom. The van der Waals surface area contributed by atoms with Crippen molar-refractivity contribution in [2.24, 2.45) is 5.92 Å². The molecule has 5 nitrogen and oxygen atoms in total. The van der Waals surface area contributed by atoms with Crippen LogP contribution in [-0.2, 0) is 14.3 Å². The SMILES string of the molecule is COC(=O)C(C)CN(CCCOC(C)C)C(=O)c1ccc(C)c(C)c1. The number of methoxy groups -OCH3 is 1. The molecule has 140 valence electrons. The third-order valence-corrected chi connectivity index (χ3v) is 4.16. The fourth-order valence-corrected chi connectivity index (χ4v) is 2.51. The number of nitrogens with zero attached hydrogens (tertiary/aromatic N) is 1. The van der Waals surface area contributed by atoms with Gasteiger partial charge in [0, 0.05) is 25.3 Å². The quantitative estimate of drug-likeness (QED) is 0.507. The van der Waals surface area contributed by atoms with E-state index in [1.165, 1.54) is 7.11 Å². The molecule has 0 aliphatic heterocycles. The summed E-state index contributed by atoms with van der Waals surface area (Å²) in [5.41, 5.74) is 2.87. The second-order valence-electron chi connectivity index (χ2n) is 6.75. The van der Waals surface area contributed by atoms with Crippen LogP contribution in [0.15, 0.2) is 18.2 Å². The van der Waals surface area contributed by atoms with E-state index in [4.69, 9.17) is 9.47 Å². The summed E-state index contributed by atoms with van der Waals surface area (Å²) in [4.78, 5) is 26.4. The van der Waals surface area contributed by atoms with Crippen LogP contribution in [0.1, 0.15) is 48.7 Å². The van der Waals surface area contributed by atoms with Crippen molar-refractivity contribution in [3.63, 3.8) is 0 Å². The smallest absolute Gasteiger partial charge is 0.310 e. The van der Waals surface area contributed by atoms with Gasteiger partial charge in [0.2, 0.25) is 0 Å². The van der Waals surface area contributed by atoms with Gasteiger partial charge in [-0.1, -0.05) is 13.0 Å². The van der Waals surface area contributed by atoms with Crippen molar-refractivity contribution in [3.05, 3.63) is 34.9 Å². The lowest BCUT2D eigenvalue weighted by Gasteiger charge is -2.25. The van der Waals surface area contributed by atoms with Crippen molar-refractivity contribution in [2.75, 3.05) is 26.8 Å². The number of aryl methyl sites for hydroxylation is 2. The lowest BCUT2D eigenvalue weighted by atomic mass is 10.0. The Labute approximate surface area is 151 Å². The van der Waals surface area contributed by atoms with Gasteiger partial charge in [0.15, 0.2) is 0 Å². The normalized spacial score (nSPS) is 12.1. The molecule has 1 aromatic rings. The second-order valence-corrected chi connectivity index (χ2v) is 6.75. The van der Waals surface area contributed by atoms with Crippen molar-refractivity contribution in [1.82, 2.24) is 4.90 Å². The van der Waals surface area contributed by atoms with Gasteiger partial charge in [-0.2, -0.15) is 0 Å². The highest BCUT2D eigenvalue weighted by molar-refractivity contribution is 5.94. The molecule has 1 amide bonds. The predicted molar refractivity (Wildman–Crippen MR) is 98.7 cm³/mol. The van der Waals surface area contributed by atoms with E-state index in [1.807, 2.05) is 45.9 Å². The molecule has 0 saturated carbocycles. The molecule has 0 aliphatic rings. The van der Waals surface area contributed by atoms with Gasteiger partial charge in [0.25, 0.3) is 5.91 Å². The van der Waals surface area contributed by atoms with Gasteiger partial charge in [-0.25, -0.2) is 0 Å². The maximum Gasteiger partial charge on any atom is 0.310 e. The van der Waals surface area contributed by atoms with E-state index in [2.05, 4.69) is 0 Å². The molecule has 1 atom stereocenters. The molecule has 0 fully saturated rings. The summed E-state index contributed by atoms with van der Waals surface area (Å²) < 4.78 is 10.3. The average Bonchev–Trinajstić information content (AvgIpc) is 2.58. The molecule has 0 aromatic heterocycles. The molecule has 0 spiro atoms. The highest BCUT2D eigenvalue weighted by Crippen LogP contribution is 2.14. The molecular formula is C20H31NO4. The van der Waals surface area contributed by atoms with E-state index in [9.17, 15) is 9.59 Å². The monoisotopic (exact) mass is 349 g/mol. The van der Waals surface area contributed by atoms with Crippen molar-refractivity contribution in [2.45, 2.75) is 47.1 Å². The van der Waals surface area contributed by atoms with Gasteiger partial charge in [-0.15, -0.1) is 0 Å². The summed E-state index contributed by atoms with van der Waals surface area (Å²) in [6.45, 7) is 11.2. The van der Waals surface area contributed by atoms with Gasteiger partial charge in [0.05, 0.1) is 19.1 Å². The van der Waals surface area contributed by atoms with E-state index in [1.54, 1.807) is 11.8 Å². The fraction of sp³-hybridized carbons (Fsp3) is 0.600. The first-order valence-electron chi connectivity index (χ1n) is 8.82. The van der Waals surface area contributed by atoms with Gasteiger partial charge in [-0.3, -0.25) is 9.59 Å². The minimum absolute atomic E-state index is 0.0663. The summed E-state index contributed by atoms with van der Waals surface area (Å²) in [6, 6.07) is 5.69. The third-order valence-electron chi connectivity index (χ3n) is 4.16. The highest BCUT2D eigenvalue weighted by atomic mass is 16.5. The van der Waals surface area contributed by atoms with Gasteiger partial charge in [0.1, 0.15) is 0 Å². The van der Waals surface area contributed by atoms with Crippen molar-refractivity contribution in [3.8, 4) is 0 Å².